The molecule has 2 aliphatic carbocycles. The smallest absolute Gasteiger partial charge is 0.108 e. The summed E-state index contributed by atoms with van der Waals surface area (Å²) in [6.07, 6.45) is 3.67. The lowest BCUT2D eigenvalue weighted by molar-refractivity contribution is -0.0615. The number of hydrogen-bond acceptors (Lipinski definition) is 3. The Bertz CT molecular complexity index is 650. The molecule has 1 aromatic rings. The van der Waals surface area contributed by atoms with E-state index in [2.05, 4.69) is 53.3 Å². The highest BCUT2D eigenvalue weighted by molar-refractivity contribution is 9.10. The third kappa shape index (κ3) is 3.38. The van der Waals surface area contributed by atoms with E-state index in [1.807, 2.05) is 14.0 Å². The van der Waals surface area contributed by atoms with E-state index < -0.39 is 0 Å². The molecule has 0 bridgehead atoms. The first-order chi connectivity index (χ1) is 11.8. The highest BCUT2D eigenvalue weighted by atomic mass is 79.9. The molecule has 0 radical (unpaired) electrons. The second-order valence-electron chi connectivity index (χ2n) is 8.22. The first-order valence-corrected chi connectivity index (χ1v) is 9.98. The zero-order chi connectivity index (χ0) is 18.4. The van der Waals surface area contributed by atoms with Gasteiger partial charge in [0.05, 0.1) is 12.1 Å². The molecule has 4 atom stereocenters. The molecule has 0 aliphatic heterocycles. The van der Waals surface area contributed by atoms with E-state index in [9.17, 15) is 0 Å². The molecule has 0 heterocycles. The topological polar surface area (TPSA) is 71.1 Å². The van der Waals surface area contributed by atoms with Gasteiger partial charge in [-0.1, -0.05) is 35.8 Å². The molecular weight excluding hydrogens is 378 g/mol. The Morgan fingerprint density at radius 1 is 1.36 bits per heavy atom. The monoisotopic (exact) mass is 407 g/mol. The molecular formula is C20H30BrN3O. The molecule has 0 saturated heterocycles. The molecule has 0 amide bonds. The van der Waals surface area contributed by atoms with Crippen LogP contribution in [-0.4, -0.2) is 25.1 Å². The summed E-state index contributed by atoms with van der Waals surface area (Å²) in [6, 6.07) is 6.72. The van der Waals surface area contributed by atoms with E-state index in [-0.39, 0.29) is 23.3 Å². The van der Waals surface area contributed by atoms with Crippen LogP contribution in [0.3, 0.4) is 0 Å². The number of nitrogens with two attached hydrogens (primary N) is 1. The molecule has 4 unspecified atom stereocenters. The van der Waals surface area contributed by atoms with Crippen LogP contribution >= 0.6 is 15.9 Å². The Balaban J connectivity index is 1.99. The SMILES string of the molecule is COC1C(C)CC2(Cc3ccc(Br)cc3C2NC(C)C(=N)N)CC1C. The van der Waals surface area contributed by atoms with Gasteiger partial charge in [0.1, 0.15) is 5.84 Å². The van der Waals surface area contributed by atoms with Crippen molar-refractivity contribution in [2.24, 2.45) is 23.0 Å². The predicted molar refractivity (Wildman–Crippen MR) is 106 cm³/mol. The van der Waals surface area contributed by atoms with Crippen molar-refractivity contribution in [3.8, 4) is 0 Å². The number of amidine groups is 1. The Morgan fingerprint density at radius 2 is 2.00 bits per heavy atom. The fourth-order valence-electron chi connectivity index (χ4n) is 5.42. The summed E-state index contributed by atoms with van der Waals surface area (Å²) in [5.74, 6) is 1.23. The Hall–Kier alpha value is -0.910. The van der Waals surface area contributed by atoms with E-state index >= 15 is 0 Å². The fraction of sp³-hybridized carbons (Fsp3) is 0.650. The lowest BCUT2D eigenvalue weighted by Crippen LogP contribution is -2.50. The van der Waals surface area contributed by atoms with Crippen molar-refractivity contribution >= 4 is 21.8 Å². The summed E-state index contributed by atoms with van der Waals surface area (Å²) in [5.41, 5.74) is 8.72. The first-order valence-electron chi connectivity index (χ1n) is 9.18. The molecule has 0 aromatic heterocycles. The van der Waals surface area contributed by atoms with Crippen LogP contribution in [0.1, 0.15) is 50.8 Å². The van der Waals surface area contributed by atoms with Crippen LogP contribution < -0.4 is 11.1 Å². The van der Waals surface area contributed by atoms with Gasteiger partial charge in [-0.05, 0) is 66.7 Å². The van der Waals surface area contributed by atoms with Crippen LogP contribution in [0.4, 0.5) is 0 Å². The maximum atomic E-state index is 7.82. The molecule has 138 valence electrons. The third-order valence-electron chi connectivity index (χ3n) is 6.31. The van der Waals surface area contributed by atoms with Gasteiger partial charge < -0.3 is 15.8 Å². The lowest BCUT2D eigenvalue weighted by Gasteiger charge is -2.48. The average Bonchev–Trinajstić information content (AvgIpc) is 2.79. The van der Waals surface area contributed by atoms with Gasteiger partial charge in [0, 0.05) is 17.6 Å². The molecule has 2 aliphatic rings. The van der Waals surface area contributed by atoms with Gasteiger partial charge in [-0.15, -0.1) is 0 Å². The number of nitrogens with one attached hydrogen (secondary N) is 2. The minimum absolute atomic E-state index is 0.127. The number of ether oxygens (including phenoxy) is 1. The zero-order valence-corrected chi connectivity index (χ0v) is 17.2. The number of rotatable bonds is 4. The number of hydrogen-bond donors (Lipinski definition) is 3. The predicted octanol–water partition coefficient (Wildman–Crippen LogP) is 4.03. The molecule has 1 spiro atoms. The van der Waals surface area contributed by atoms with Gasteiger partial charge in [-0.25, -0.2) is 0 Å². The maximum Gasteiger partial charge on any atom is 0.108 e. The first kappa shape index (κ1) is 18.9. The van der Waals surface area contributed by atoms with Crippen molar-refractivity contribution in [2.45, 2.75) is 58.2 Å². The van der Waals surface area contributed by atoms with E-state index in [1.54, 1.807) is 0 Å². The van der Waals surface area contributed by atoms with Crippen molar-refractivity contribution in [1.29, 1.82) is 5.41 Å². The third-order valence-corrected chi connectivity index (χ3v) is 6.80. The van der Waals surface area contributed by atoms with E-state index in [0.717, 1.165) is 23.7 Å². The van der Waals surface area contributed by atoms with Gasteiger partial charge in [0.15, 0.2) is 0 Å². The normalized spacial score (nSPS) is 35.6. The molecule has 1 aromatic carbocycles. The minimum atomic E-state index is -0.127. The summed E-state index contributed by atoms with van der Waals surface area (Å²) in [7, 11) is 1.84. The summed E-state index contributed by atoms with van der Waals surface area (Å²) in [5, 5.41) is 11.5. The zero-order valence-electron chi connectivity index (χ0n) is 15.6. The van der Waals surface area contributed by atoms with Gasteiger partial charge in [-0.3, -0.25) is 5.41 Å². The van der Waals surface area contributed by atoms with Crippen molar-refractivity contribution < 1.29 is 4.74 Å². The Labute approximate surface area is 159 Å². The summed E-state index contributed by atoms with van der Waals surface area (Å²) < 4.78 is 6.90. The van der Waals surface area contributed by atoms with Crippen LogP contribution in [0, 0.1) is 22.7 Å². The number of methoxy groups -OCH3 is 1. The molecule has 4 nitrogen and oxygen atoms in total. The molecule has 5 heteroatoms. The van der Waals surface area contributed by atoms with Gasteiger partial charge in [-0.2, -0.15) is 0 Å². The summed E-state index contributed by atoms with van der Waals surface area (Å²) >= 11 is 3.63. The summed E-state index contributed by atoms with van der Waals surface area (Å²) in [4.78, 5) is 0. The highest BCUT2D eigenvalue weighted by Crippen LogP contribution is 2.57. The Morgan fingerprint density at radius 3 is 2.56 bits per heavy atom. The van der Waals surface area contributed by atoms with Crippen molar-refractivity contribution in [3.63, 3.8) is 0 Å². The van der Waals surface area contributed by atoms with Crippen LogP contribution in [0.25, 0.3) is 0 Å². The van der Waals surface area contributed by atoms with Crippen LogP contribution in [0.15, 0.2) is 22.7 Å². The second-order valence-corrected chi connectivity index (χ2v) is 9.14. The molecule has 4 N–H and O–H groups in total. The molecule has 1 saturated carbocycles. The van der Waals surface area contributed by atoms with Crippen LogP contribution in [-0.2, 0) is 11.2 Å². The van der Waals surface area contributed by atoms with Gasteiger partial charge >= 0.3 is 0 Å². The average molecular weight is 408 g/mol. The van der Waals surface area contributed by atoms with Gasteiger partial charge in [0.25, 0.3) is 0 Å². The van der Waals surface area contributed by atoms with E-state index in [4.69, 9.17) is 15.9 Å². The van der Waals surface area contributed by atoms with E-state index in [1.165, 1.54) is 11.1 Å². The minimum Gasteiger partial charge on any atom is -0.386 e. The second kappa shape index (κ2) is 7.01. The maximum absolute atomic E-state index is 7.82. The largest absolute Gasteiger partial charge is 0.386 e. The van der Waals surface area contributed by atoms with Crippen LogP contribution in [0.2, 0.25) is 0 Å². The van der Waals surface area contributed by atoms with E-state index in [0.29, 0.717) is 17.9 Å². The van der Waals surface area contributed by atoms with Crippen molar-refractivity contribution in [2.75, 3.05) is 7.11 Å². The van der Waals surface area contributed by atoms with Crippen molar-refractivity contribution in [1.82, 2.24) is 5.32 Å². The number of halogens is 1. The molecule has 25 heavy (non-hydrogen) atoms. The van der Waals surface area contributed by atoms with Crippen molar-refractivity contribution in [3.05, 3.63) is 33.8 Å². The number of benzene rings is 1. The standard InChI is InChI=1S/C20H30BrN3O/c1-11-8-20(9-12(2)17(11)25-4)10-14-5-6-15(21)7-16(14)18(20)24-13(3)19(22)23/h5-7,11-13,17-18,24H,8-10H2,1-4H3,(H3,22,23). The quantitative estimate of drug-likeness (QED) is 0.521. The highest BCUT2D eigenvalue weighted by Gasteiger charge is 2.52. The van der Waals surface area contributed by atoms with Gasteiger partial charge in [0.2, 0.25) is 0 Å². The fourth-order valence-corrected chi connectivity index (χ4v) is 5.80. The lowest BCUT2D eigenvalue weighted by atomic mass is 9.61. The summed E-state index contributed by atoms with van der Waals surface area (Å²) in [6.45, 7) is 6.62. The molecule has 3 rings (SSSR count). The Kier molecular flexibility index (Phi) is 5.29. The number of fused-ring (bicyclic) bond motifs is 1. The molecule has 1 fully saturated rings. The van der Waals surface area contributed by atoms with Crippen LogP contribution in [0.5, 0.6) is 0 Å².